The third kappa shape index (κ3) is 5.93. The number of hydrogen-bond donors (Lipinski definition) is 0. The van der Waals surface area contributed by atoms with Crippen LogP contribution >= 0.6 is 0 Å². The summed E-state index contributed by atoms with van der Waals surface area (Å²) in [6.45, 7) is 14.2. The topological polar surface area (TPSA) is 45.7 Å². The molecule has 1 saturated heterocycles. The largest absolute Gasteiger partial charge is 0.443 e. The van der Waals surface area contributed by atoms with E-state index in [0.717, 1.165) is 30.9 Å². The van der Waals surface area contributed by atoms with E-state index in [1.165, 1.54) is 25.7 Å². The van der Waals surface area contributed by atoms with Crippen LogP contribution in [0.4, 0.5) is 10.6 Å². The number of carbonyl (C=O) groups is 1. The molecule has 1 aliphatic rings. The van der Waals surface area contributed by atoms with Crippen molar-refractivity contribution in [1.82, 2.24) is 9.88 Å². The van der Waals surface area contributed by atoms with Crippen molar-refractivity contribution in [3.63, 3.8) is 0 Å². The van der Waals surface area contributed by atoms with Crippen LogP contribution in [-0.2, 0) is 4.74 Å². The van der Waals surface area contributed by atoms with Crippen LogP contribution in [0.2, 0.25) is 0 Å². The van der Waals surface area contributed by atoms with Gasteiger partial charge in [-0.25, -0.2) is 9.78 Å². The predicted molar refractivity (Wildman–Crippen MR) is 111 cm³/mol. The molecule has 0 aromatic carbocycles. The van der Waals surface area contributed by atoms with Gasteiger partial charge in [-0.2, -0.15) is 0 Å². The Morgan fingerprint density at radius 3 is 2.74 bits per heavy atom. The number of piperidine rings is 1. The van der Waals surface area contributed by atoms with Gasteiger partial charge in [0.25, 0.3) is 0 Å². The smallest absolute Gasteiger partial charge is 0.416 e. The van der Waals surface area contributed by atoms with E-state index in [2.05, 4.69) is 22.9 Å². The Kier molecular flexibility index (Phi) is 7.66. The van der Waals surface area contributed by atoms with Gasteiger partial charge in [0.2, 0.25) is 0 Å². The number of pyridine rings is 1. The summed E-state index contributed by atoms with van der Waals surface area (Å²) in [4.78, 5) is 21.9. The molecule has 1 fully saturated rings. The summed E-state index contributed by atoms with van der Waals surface area (Å²) in [6, 6.07) is 4.41. The van der Waals surface area contributed by atoms with Crippen molar-refractivity contribution >= 4 is 11.9 Å². The summed E-state index contributed by atoms with van der Waals surface area (Å²) in [5.41, 5.74) is 0.616. The molecule has 1 aromatic heterocycles. The summed E-state index contributed by atoms with van der Waals surface area (Å²) < 4.78 is 5.68. The van der Waals surface area contributed by atoms with E-state index in [0.29, 0.717) is 6.04 Å². The molecule has 0 spiro atoms. The molecule has 1 amide bonds. The Hall–Kier alpha value is -1.62. The number of aromatic nitrogens is 1. The van der Waals surface area contributed by atoms with Crippen molar-refractivity contribution in [1.29, 1.82) is 0 Å². The highest BCUT2D eigenvalue weighted by Gasteiger charge is 2.32. The first-order chi connectivity index (χ1) is 12.7. The monoisotopic (exact) mass is 375 g/mol. The van der Waals surface area contributed by atoms with Crippen LogP contribution in [0.25, 0.3) is 0 Å². The van der Waals surface area contributed by atoms with Crippen molar-refractivity contribution in [3.8, 4) is 0 Å². The van der Waals surface area contributed by atoms with Gasteiger partial charge in [-0.05, 0) is 73.0 Å². The lowest BCUT2D eigenvalue weighted by molar-refractivity contribution is 0.0568. The summed E-state index contributed by atoms with van der Waals surface area (Å²) in [5.74, 6) is 0.746. The number of ether oxygens (including phenoxy) is 1. The van der Waals surface area contributed by atoms with E-state index in [9.17, 15) is 4.79 Å². The maximum absolute atomic E-state index is 12.9. The highest BCUT2D eigenvalue weighted by atomic mass is 16.6. The van der Waals surface area contributed by atoms with Gasteiger partial charge >= 0.3 is 6.09 Å². The molecule has 5 heteroatoms. The molecule has 152 valence electrons. The van der Waals surface area contributed by atoms with Crippen LogP contribution in [0, 0.1) is 0 Å². The van der Waals surface area contributed by atoms with Gasteiger partial charge in [-0.15, -0.1) is 0 Å². The average Bonchev–Trinajstić information content (AvgIpc) is 2.59. The molecule has 5 nitrogen and oxygen atoms in total. The van der Waals surface area contributed by atoms with Crippen molar-refractivity contribution in [2.24, 2.45) is 0 Å². The van der Waals surface area contributed by atoms with E-state index in [-0.39, 0.29) is 12.1 Å². The van der Waals surface area contributed by atoms with E-state index in [4.69, 9.17) is 4.74 Å². The van der Waals surface area contributed by atoms with Crippen LogP contribution < -0.4 is 4.90 Å². The molecule has 0 saturated carbocycles. The van der Waals surface area contributed by atoms with Gasteiger partial charge in [-0.3, -0.25) is 9.80 Å². The molecule has 0 radical (unpaired) electrons. The lowest BCUT2D eigenvalue weighted by Crippen LogP contribution is -2.43. The van der Waals surface area contributed by atoms with Gasteiger partial charge in [0.15, 0.2) is 0 Å². The number of hydrogen-bond acceptors (Lipinski definition) is 4. The number of anilines is 1. The molecule has 0 N–H and O–H groups in total. The molecule has 2 rings (SSSR count). The van der Waals surface area contributed by atoms with Crippen LogP contribution in [-0.4, -0.2) is 40.7 Å². The second-order valence-electron chi connectivity index (χ2n) is 8.76. The number of amides is 1. The standard InChI is InChI=1S/C22H37N3O2/c1-7-8-15-24-16-10-9-13-19(24)18-12-11-14-23-20(18)25(17(2)3)21(26)27-22(4,5)6/h11-12,14,17,19H,7-10,13,15-16H2,1-6H3/t19-/m0/s1. The van der Waals surface area contributed by atoms with E-state index in [1.807, 2.05) is 40.7 Å². The van der Waals surface area contributed by atoms with Crippen molar-refractivity contribution in [2.45, 2.75) is 91.3 Å². The Morgan fingerprint density at radius 2 is 2.11 bits per heavy atom. The second kappa shape index (κ2) is 9.54. The highest BCUT2D eigenvalue weighted by molar-refractivity contribution is 5.88. The van der Waals surface area contributed by atoms with Gasteiger partial charge in [0.05, 0.1) is 0 Å². The number of likely N-dealkylation sites (tertiary alicyclic amines) is 1. The van der Waals surface area contributed by atoms with Gasteiger partial charge in [-0.1, -0.05) is 25.8 Å². The third-order valence-corrected chi connectivity index (χ3v) is 4.92. The first-order valence-electron chi connectivity index (χ1n) is 10.5. The fourth-order valence-electron chi connectivity index (χ4n) is 3.70. The third-order valence-electron chi connectivity index (χ3n) is 4.92. The first kappa shape index (κ1) is 21.7. The molecule has 0 aliphatic carbocycles. The Labute approximate surface area is 165 Å². The molecular weight excluding hydrogens is 338 g/mol. The van der Waals surface area contributed by atoms with E-state index >= 15 is 0 Å². The van der Waals surface area contributed by atoms with Gasteiger partial charge in [0, 0.05) is 23.8 Å². The van der Waals surface area contributed by atoms with Crippen molar-refractivity contribution in [3.05, 3.63) is 23.9 Å². The lowest BCUT2D eigenvalue weighted by Gasteiger charge is -2.38. The van der Waals surface area contributed by atoms with Crippen LogP contribution in [0.5, 0.6) is 0 Å². The molecule has 0 unspecified atom stereocenters. The van der Waals surface area contributed by atoms with E-state index in [1.54, 1.807) is 11.1 Å². The Bertz CT molecular complexity index is 610. The molecule has 1 aliphatic heterocycles. The van der Waals surface area contributed by atoms with Crippen molar-refractivity contribution in [2.75, 3.05) is 18.0 Å². The molecule has 2 heterocycles. The van der Waals surface area contributed by atoms with Crippen LogP contribution in [0.1, 0.15) is 85.3 Å². The molecular formula is C22H37N3O2. The molecule has 1 atom stereocenters. The fourth-order valence-corrected chi connectivity index (χ4v) is 3.70. The first-order valence-corrected chi connectivity index (χ1v) is 10.5. The highest BCUT2D eigenvalue weighted by Crippen LogP contribution is 2.36. The maximum atomic E-state index is 12.9. The minimum absolute atomic E-state index is 0.0267. The van der Waals surface area contributed by atoms with Crippen molar-refractivity contribution < 1.29 is 9.53 Å². The fraction of sp³-hybridized carbons (Fsp3) is 0.727. The number of rotatable bonds is 6. The summed E-state index contributed by atoms with van der Waals surface area (Å²) in [5, 5.41) is 0. The number of unbranched alkanes of at least 4 members (excludes halogenated alkanes) is 1. The summed E-state index contributed by atoms with van der Waals surface area (Å²) >= 11 is 0. The van der Waals surface area contributed by atoms with Crippen LogP contribution in [0.3, 0.4) is 0 Å². The van der Waals surface area contributed by atoms with E-state index < -0.39 is 5.60 Å². The summed E-state index contributed by atoms with van der Waals surface area (Å²) in [7, 11) is 0. The maximum Gasteiger partial charge on any atom is 0.416 e. The Balaban J connectivity index is 2.37. The number of carbonyl (C=O) groups excluding carboxylic acids is 1. The predicted octanol–water partition coefficient (Wildman–Crippen LogP) is 5.56. The molecule has 1 aromatic rings. The average molecular weight is 376 g/mol. The zero-order valence-corrected chi connectivity index (χ0v) is 18.0. The number of nitrogens with zero attached hydrogens (tertiary/aromatic N) is 3. The SMILES string of the molecule is CCCCN1CCCC[C@H]1c1cccnc1N(C(=O)OC(C)(C)C)C(C)C. The zero-order valence-electron chi connectivity index (χ0n) is 18.0. The van der Waals surface area contributed by atoms with Gasteiger partial charge < -0.3 is 4.74 Å². The normalized spacial score (nSPS) is 18.6. The minimum Gasteiger partial charge on any atom is -0.443 e. The zero-order chi connectivity index (χ0) is 20.0. The quantitative estimate of drug-likeness (QED) is 0.653. The Morgan fingerprint density at radius 1 is 1.37 bits per heavy atom. The lowest BCUT2D eigenvalue weighted by atomic mass is 9.94. The second-order valence-corrected chi connectivity index (χ2v) is 8.76. The van der Waals surface area contributed by atoms with Crippen LogP contribution in [0.15, 0.2) is 18.3 Å². The minimum atomic E-state index is -0.531. The molecule has 0 bridgehead atoms. The molecule has 27 heavy (non-hydrogen) atoms. The summed E-state index contributed by atoms with van der Waals surface area (Å²) in [6.07, 6.45) is 7.42. The van der Waals surface area contributed by atoms with Gasteiger partial charge in [0.1, 0.15) is 11.4 Å².